The van der Waals surface area contributed by atoms with E-state index in [2.05, 4.69) is 9.71 Å². The summed E-state index contributed by atoms with van der Waals surface area (Å²) in [5.74, 6) is 0. The predicted octanol–water partition coefficient (Wildman–Crippen LogP) is 2.12. The van der Waals surface area contributed by atoms with E-state index >= 15 is 0 Å². The second-order valence-electron chi connectivity index (χ2n) is 3.51. The fourth-order valence-electron chi connectivity index (χ4n) is 1.37. The van der Waals surface area contributed by atoms with Crippen LogP contribution in [0, 0.1) is 0 Å². The van der Waals surface area contributed by atoms with E-state index in [1.807, 2.05) is 0 Å². The van der Waals surface area contributed by atoms with Crippen LogP contribution in [-0.4, -0.2) is 13.4 Å². The largest absolute Gasteiger partial charge is 0.398 e. The summed E-state index contributed by atoms with van der Waals surface area (Å²) in [6.45, 7) is 0. The lowest BCUT2D eigenvalue weighted by molar-refractivity contribution is 0.601. The average Bonchev–Trinajstić information content (AvgIpc) is 2.32. The third kappa shape index (κ3) is 2.72. The van der Waals surface area contributed by atoms with Gasteiger partial charge in [0, 0.05) is 0 Å². The van der Waals surface area contributed by atoms with Gasteiger partial charge in [0.2, 0.25) is 0 Å². The number of aromatic nitrogens is 1. The first-order valence-corrected chi connectivity index (χ1v) is 6.84. The highest BCUT2D eigenvalue weighted by Crippen LogP contribution is 2.21. The van der Waals surface area contributed by atoms with Crippen LogP contribution in [-0.2, 0) is 10.0 Å². The van der Waals surface area contributed by atoms with E-state index in [-0.39, 0.29) is 15.7 Å². The molecule has 0 aliphatic heterocycles. The minimum absolute atomic E-state index is 0.0277. The fourth-order valence-corrected chi connectivity index (χ4v) is 2.66. The van der Waals surface area contributed by atoms with Crippen LogP contribution in [0.25, 0.3) is 0 Å². The molecule has 0 aliphatic carbocycles. The van der Waals surface area contributed by atoms with Crippen molar-refractivity contribution in [3.63, 3.8) is 0 Å². The first-order chi connectivity index (χ1) is 8.49. The zero-order chi connectivity index (χ0) is 13.2. The molecule has 0 saturated heterocycles. The van der Waals surface area contributed by atoms with E-state index in [1.165, 1.54) is 30.5 Å². The van der Waals surface area contributed by atoms with Crippen LogP contribution < -0.4 is 10.5 Å². The van der Waals surface area contributed by atoms with Crippen molar-refractivity contribution in [1.82, 2.24) is 4.98 Å². The Balaban J connectivity index is 2.33. The summed E-state index contributed by atoms with van der Waals surface area (Å²) in [5, 5.41) is 0.289. The number of hydrogen-bond donors (Lipinski definition) is 2. The number of hydrogen-bond acceptors (Lipinski definition) is 4. The van der Waals surface area contributed by atoms with Gasteiger partial charge in [-0.25, -0.2) is 13.4 Å². The Hall–Kier alpha value is -1.79. The molecule has 0 bridgehead atoms. The zero-order valence-corrected chi connectivity index (χ0v) is 10.7. The molecule has 0 radical (unpaired) electrons. The molecular formula is C11H10ClN3O2S. The number of nitrogens with zero attached hydrogens (tertiary/aromatic N) is 1. The lowest BCUT2D eigenvalue weighted by Crippen LogP contribution is -2.14. The lowest BCUT2D eigenvalue weighted by atomic mass is 10.3. The van der Waals surface area contributed by atoms with Crippen molar-refractivity contribution in [2.24, 2.45) is 0 Å². The van der Waals surface area contributed by atoms with Crippen LogP contribution >= 0.6 is 11.6 Å². The topological polar surface area (TPSA) is 85.1 Å². The number of nitrogen functional groups attached to an aromatic ring is 1. The molecule has 0 spiro atoms. The number of benzene rings is 1. The highest BCUT2D eigenvalue weighted by atomic mass is 35.5. The van der Waals surface area contributed by atoms with Gasteiger partial charge in [0.05, 0.1) is 17.6 Å². The van der Waals surface area contributed by atoms with Gasteiger partial charge in [-0.1, -0.05) is 23.7 Å². The summed E-state index contributed by atoms with van der Waals surface area (Å²) in [6.07, 6.45) is 1.33. The number of halogens is 1. The third-order valence-corrected chi connectivity index (χ3v) is 3.87. The van der Waals surface area contributed by atoms with Crippen LogP contribution in [0.4, 0.5) is 11.4 Å². The van der Waals surface area contributed by atoms with E-state index in [0.29, 0.717) is 5.69 Å². The highest BCUT2D eigenvalue weighted by molar-refractivity contribution is 7.92. The second-order valence-corrected chi connectivity index (χ2v) is 5.55. The van der Waals surface area contributed by atoms with Crippen molar-refractivity contribution >= 4 is 33.0 Å². The number of sulfonamides is 1. The number of nitrogens with one attached hydrogen (secondary N) is 1. The molecule has 0 atom stereocenters. The number of rotatable bonds is 3. The average molecular weight is 284 g/mol. The van der Waals surface area contributed by atoms with Gasteiger partial charge in [0.25, 0.3) is 10.0 Å². The molecule has 0 aliphatic rings. The van der Waals surface area contributed by atoms with Crippen LogP contribution in [0.1, 0.15) is 0 Å². The molecule has 94 valence electrons. The molecule has 7 heteroatoms. The molecule has 0 fully saturated rings. The molecule has 3 N–H and O–H groups in total. The Bertz CT molecular complexity index is 656. The van der Waals surface area contributed by atoms with Gasteiger partial charge in [0.1, 0.15) is 10.0 Å². The Morgan fingerprint density at radius 2 is 1.89 bits per heavy atom. The van der Waals surface area contributed by atoms with Gasteiger partial charge in [0.15, 0.2) is 0 Å². The van der Waals surface area contributed by atoms with Crippen LogP contribution in [0.5, 0.6) is 0 Å². The summed E-state index contributed by atoms with van der Waals surface area (Å²) in [7, 11) is -3.71. The third-order valence-electron chi connectivity index (χ3n) is 2.19. The van der Waals surface area contributed by atoms with Gasteiger partial charge >= 0.3 is 0 Å². The number of anilines is 2. The van der Waals surface area contributed by atoms with Gasteiger partial charge < -0.3 is 5.73 Å². The molecule has 0 unspecified atom stereocenters. The predicted molar refractivity (Wildman–Crippen MR) is 70.9 cm³/mol. The number of pyridine rings is 1. The van der Waals surface area contributed by atoms with Crippen LogP contribution in [0.15, 0.2) is 47.5 Å². The molecule has 0 saturated carbocycles. The molecule has 5 nitrogen and oxygen atoms in total. The Morgan fingerprint density at radius 1 is 1.17 bits per heavy atom. The molecule has 1 heterocycles. The van der Waals surface area contributed by atoms with Crippen molar-refractivity contribution in [3.8, 4) is 0 Å². The standard InChI is InChI=1S/C11H10ClN3O2S/c12-11-6-5-8(7-14-11)15-18(16,17)10-4-2-1-3-9(10)13/h1-7,15H,13H2. The van der Waals surface area contributed by atoms with Crippen LogP contribution in [0.3, 0.4) is 0 Å². The highest BCUT2D eigenvalue weighted by Gasteiger charge is 2.16. The van der Waals surface area contributed by atoms with Crippen molar-refractivity contribution in [2.75, 3.05) is 10.5 Å². The quantitative estimate of drug-likeness (QED) is 0.667. The number of para-hydroxylation sites is 1. The maximum Gasteiger partial charge on any atom is 0.263 e. The van der Waals surface area contributed by atoms with Crippen molar-refractivity contribution in [3.05, 3.63) is 47.7 Å². The van der Waals surface area contributed by atoms with Crippen molar-refractivity contribution < 1.29 is 8.42 Å². The summed E-state index contributed by atoms with van der Waals surface area (Å²) in [4.78, 5) is 3.81. The smallest absolute Gasteiger partial charge is 0.263 e. The zero-order valence-electron chi connectivity index (χ0n) is 9.17. The first kappa shape index (κ1) is 12.7. The maximum absolute atomic E-state index is 12.1. The minimum Gasteiger partial charge on any atom is -0.398 e. The van der Waals surface area contributed by atoms with E-state index in [1.54, 1.807) is 12.1 Å². The monoisotopic (exact) mass is 283 g/mol. The molecule has 2 aromatic rings. The maximum atomic E-state index is 12.1. The number of nitrogens with two attached hydrogens (primary N) is 1. The normalized spacial score (nSPS) is 11.2. The first-order valence-electron chi connectivity index (χ1n) is 4.98. The van der Waals surface area contributed by atoms with E-state index in [4.69, 9.17) is 17.3 Å². The summed E-state index contributed by atoms with van der Waals surface area (Å²) in [5.41, 5.74) is 6.14. The Morgan fingerprint density at radius 3 is 2.50 bits per heavy atom. The molecule has 18 heavy (non-hydrogen) atoms. The van der Waals surface area contributed by atoms with Gasteiger partial charge in [-0.15, -0.1) is 0 Å². The van der Waals surface area contributed by atoms with Crippen LogP contribution in [0.2, 0.25) is 5.15 Å². The van der Waals surface area contributed by atoms with E-state index in [0.717, 1.165) is 0 Å². The minimum atomic E-state index is -3.71. The summed E-state index contributed by atoms with van der Waals surface area (Å²) < 4.78 is 26.5. The lowest BCUT2D eigenvalue weighted by Gasteiger charge is -2.09. The van der Waals surface area contributed by atoms with Crippen molar-refractivity contribution in [2.45, 2.75) is 4.90 Å². The van der Waals surface area contributed by atoms with Gasteiger partial charge in [-0.2, -0.15) is 0 Å². The van der Waals surface area contributed by atoms with Gasteiger partial charge in [-0.05, 0) is 24.3 Å². The molecule has 2 rings (SSSR count). The second kappa shape index (κ2) is 4.83. The fraction of sp³-hybridized carbons (Fsp3) is 0. The SMILES string of the molecule is Nc1ccccc1S(=O)(=O)Nc1ccc(Cl)nc1. The van der Waals surface area contributed by atoms with Crippen molar-refractivity contribution in [1.29, 1.82) is 0 Å². The van der Waals surface area contributed by atoms with E-state index < -0.39 is 10.0 Å². The molecule has 1 aromatic heterocycles. The van der Waals surface area contributed by atoms with E-state index in [9.17, 15) is 8.42 Å². The molecular weight excluding hydrogens is 274 g/mol. The molecule has 1 aromatic carbocycles. The molecule has 0 amide bonds. The Kier molecular flexibility index (Phi) is 3.40. The summed E-state index contributed by atoms with van der Waals surface area (Å²) in [6, 6.07) is 9.23. The summed E-state index contributed by atoms with van der Waals surface area (Å²) >= 11 is 5.62. The Labute approximate surface area is 110 Å². The van der Waals surface area contributed by atoms with Gasteiger partial charge in [-0.3, -0.25) is 4.72 Å².